The zero-order valence-electron chi connectivity index (χ0n) is 10.2. The maximum atomic E-state index is 12.8. The summed E-state index contributed by atoms with van der Waals surface area (Å²) in [5.74, 6) is -0.166. The predicted octanol–water partition coefficient (Wildman–Crippen LogP) is 3.08. The Kier molecular flexibility index (Phi) is 3.11. The van der Waals surface area contributed by atoms with Gasteiger partial charge in [0.15, 0.2) is 0 Å². The molecule has 1 aliphatic rings. The molecule has 1 nitrogen and oxygen atoms in total. The van der Waals surface area contributed by atoms with E-state index in [1.165, 1.54) is 28.8 Å². The summed E-state index contributed by atoms with van der Waals surface area (Å²) in [7, 11) is 0. The van der Waals surface area contributed by atoms with Crippen molar-refractivity contribution < 1.29 is 4.39 Å². The van der Waals surface area contributed by atoms with E-state index in [1.54, 1.807) is 0 Å². The average molecular weight is 241 g/mol. The third-order valence-electron chi connectivity index (χ3n) is 3.56. The van der Waals surface area contributed by atoms with Gasteiger partial charge in [-0.1, -0.05) is 36.4 Å². The molecule has 2 heteroatoms. The molecule has 1 aliphatic heterocycles. The van der Waals surface area contributed by atoms with Crippen LogP contribution in [-0.4, -0.2) is 6.04 Å². The maximum absolute atomic E-state index is 12.8. The van der Waals surface area contributed by atoms with E-state index in [2.05, 4.69) is 29.6 Å². The van der Waals surface area contributed by atoms with Crippen molar-refractivity contribution in [3.05, 3.63) is 71.0 Å². The van der Waals surface area contributed by atoms with E-state index in [0.29, 0.717) is 6.04 Å². The first kappa shape index (κ1) is 11.4. The Balaban J connectivity index is 1.71. The van der Waals surface area contributed by atoms with Crippen molar-refractivity contribution in [2.24, 2.45) is 0 Å². The molecule has 1 unspecified atom stereocenters. The Morgan fingerprint density at radius 3 is 2.50 bits per heavy atom. The van der Waals surface area contributed by atoms with Gasteiger partial charge < -0.3 is 5.32 Å². The molecule has 0 aromatic heterocycles. The summed E-state index contributed by atoms with van der Waals surface area (Å²) in [6.45, 7) is 0.933. The minimum absolute atomic E-state index is 0.166. The second-order valence-electron chi connectivity index (χ2n) is 4.88. The molecule has 0 aliphatic carbocycles. The smallest absolute Gasteiger partial charge is 0.123 e. The highest BCUT2D eigenvalue weighted by Gasteiger charge is 2.17. The minimum atomic E-state index is -0.166. The Hall–Kier alpha value is -1.67. The summed E-state index contributed by atoms with van der Waals surface area (Å²) >= 11 is 0. The van der Waals surface area contributed by atoms with Gasteiger partial charge in [-0.3, -0.25) is 0 Å². The fraction of sp³-hybridized carbons (Fsp3) is 0.250. The van der Waals surface area contributed by atoms with E-state index >= 15 is 0 Å². The van der Waals surface area contributed by atoms with Crippen LogP contribution in [0.1, 0.15) is 16.7 Å². The molecule has 0 amide bonds. The lowest BCUT2D eigenvalue weighted by molar-refractivity contribution is 0.477. The summed E-state index contributed by atoms with van der Waals surface area (Å²) in [6, 6.07) is 15.8. The molecule has 2 aromatic carbocycles. The molecular weight excluding hydrogens is 225 g/mol. The lowest BCUT2D eigenvalue weighted by atomic mass is 9.92. The molecule has 0 spiro atoms. The van der Waals surface area contributed by atoms with Crippen molar-refractivity contribution in [3.63, 3.8) is 0 Å². The van der Waals surface area contributed by atoms with Crippen molar-refractivity contribution >= 4 is 0 Å². The minimum Gasteiger partial charge on any atom is -0.309 e. The van der Waals surface area contributed by atoms with Crippen LogP contribution in [0.5, 0.6) is 0 Å². The van der Waals surface area contributed by atoms with Crippen molar-refractivity contribution in [2.75, 3.05) is 0 Å². The fourth-order valence-electron chi connectivity index (χ4n) is 2.57. The third-order valence-corrected chi connectivity index (χ3v) is 3.56. The summed E-state index contributed by atoms with van der Waals surface area (Å²) in [4.78, 5) is 0. The van der Waals surface area contributed by atoms with E-state index in [1.807, 2.05) is 12.1 Å². The molecule has 1 atom stereocenters. The summed E-state index contributed by atoms with van der Waals surface area (Å²) < 4.78 is 12.8. The number of hydrogen-bond acceptors (Lipinski definition) is 1. The van der Waals surface area contributed by atoms with Gasteiger partial charge in [-0.2, -0.15) is 0 Å². The van der Waals surface area contributed by atoms with Gasteiger partial charge in [0.1, 0.15) is 5.82 Å². The fourth-order valence-corrected chi connectivity index (χ4v) is 2.57. The highest BCUT2D eigenvalue weighted by Crippen LogP contribution is 2.18. The third kappa shape index (κ3) is 2.44. The van der Waals surface area contributed by atoms with E-state index in [4.69, 9.17) is 0 Å². The molecule has 3 rings (SSSR count). The molecular formula is C16H16FN. The molecule has 0 radical (unpaired) electrons. The van der Waals surface area contributed by atoms with E-state index in [9.17, 15) is 4.39 Å². The van der Waals surface area contributed by atoms with Gasteiger partial charge in [0, 0.05) is 12.6 Å². The Morgan fingerprint density at radius 2 is 1.72 bits per heavy atom. The van der Waals surface area contributed by atoms with E-state index < -0.39 is 0 Å². The van der Waals surface area contributed by atoms with Crippen LogP contribution >= 0.6 is 0 Å². The highest BCUT2D eigenvalue weighted by atomic mass is 19.1. The first-order valence-corrected chi connectivity index (χ1v) is 6.36. The van der Waals surface area contributed by atoms with E-state index in [0.717, 1.165) is 19.4 Å². The van der Waals surface area contributed by atoms with Crippen LogP contribution in [-0.2, 0) is 19.4 Å². The van der Waals surface area contributed by atoms with Gasteiger partial charge in [-0.05, 0) is 41.7 Å². The largest absolute Gasteiger partial charge is 0.309 e. The molecule has 1 heterocycles. The van der Waals surface area contributed by atoms with Crippen molar-refractivity contribution in [3.8, 4) is 0 Å². The van der Waals surface area contributed by atoms with Crippen molar-refractivity contribution in [1.82, 2.24) is 5.32 Å². The lowest BCUT2D eigenvalue weighted by Crippen LogP contribution is -2.37. The monoisotopic (exact) mass is 241 g/mol. The zero-order chi connectivity index (χ0) is 12.4. The van der Waals surface area contributed by atoms with Crippen LogP contribution in [0.2, 0.25) is 0 Å². The summed E-state index contributed by atoms with van der Waals surface area (Å²) in [5, 5.41) is 3.54. The predicted molar refractivity (Wildman–Crippen MR) is 70.9 cm³/mol. The average Bonchev–Trinajstić information content (AvgIpc) is 2.41. The molecule has 92 valence electrons. The van der Waals surface area contributed by atoms with Crippen molar-refractivity contribution in [2.45, 2.75) is 25.4 Å². The van der Waals surface area contributed by atoms with Gasteiger partial charge >= 0.3 is 0 Å². The first-order valence-electron chi connectivity index (χ1n) is 6.36. The second-order valence-corrected chi connectivity index (χ2v) is 4.88. The van der Waals surface area contributed by atoms with Gasteiger partial charge in [0.05, 0.1) is 0 Å². The lowest BCUT2D eigenvalue weighted by Gasteiger charge is -2.26. The number of benzene rings is 2. The van der Waals surface area contributed by atoms with Gasteiger partial charge in [0.2, 0.25) is 0 Å². The Morgan fingerprint density at radius 1 is 1.00 bits per heavy atom. The SMILES string of the molecule is Fc1ccc(CC2Cc3ccccc3CN2)cc1. The van der Waals surface area contributed by atoms with Crippen LogP contribution in [0.15, 0.2) is 48.5 Å². The summed E-state index contributed by atoms with van der Waals surface area (Å²) in [5.41, 5.74) is 4.02. The van der Waals surface area contributed by atoms with Crippen LogP contribution in [0.3, 0.4) is 0 Å². The van der Waals surface area contributed by atoms with Gasteiger partial charge in [-0.25, -0.2) is 4.39 Å². The maximum Gasteiger partial charge on any atom is 0.123 e. The molecule has 1 N–H and O–H groups in total. The van der Waals surface area contributed by atoms with Gasteiger partial charge in [-0.15, -0.1) is 0 Å². The van der Waals surface area contributed by atoms with Gasteiger partial charge in [0.25, 0.3) is 0 Å². The number of halogens is 1. The second kappa shape index (κ2) is 4.91. The van der Waals surface area contributed by atoms with Crippen molar-refractivity contribution in [1.29, 1.82) is 0 Å². The van der Waals surface area contributed by atoms with Crippen LogP contribution in [0, 0.1) is 5.82 Å². The normalized spacial score (nSPS) is 18.4. The van der Waals surface area contributed by atoms with Crippen LogP contribution < -0.4 is 5.32 Å². The molecule has 0 saturated carbocycles. The molecule has 2 aromatic rings. The van der Waals surface area contributed by atoms with E-state index in [-0.39, 0.29) is 5.82 Å². The number of hydrogen-bond donors (Lipinski definition) is 1. The number of fused-ring (bicyclic) bond motifs is 1. The Bertz CT molecular complexity index is 533. The molecule has 0 fully saturated rings. The number of rotatable bonds is 2. The summed E-state index contributed by atoms with van der Waals surface area (Å²) in [6.07, 6.45) is 2.00. The number of nitrogens with one attached hydrogen (secondary N) is 1. The standard InChI is InChI=1S/C16H16FN/c17-15-7-5-12(6-8-15)9-16-10-13-3-1-2-4-14(13)11-18-16/h1-8,16,18H,9-11H2. The molecule has 18 heavy (non-hydrogen) atoms. The molecule has 0 saturated heterocycles. The zero-order valence-corrected chi connectivity index (χ0v) is 10.2. The Labute approximate surface area is 107 Å². The topological polar surface area (TPSA) is 12.0 Å². The quantitative estimate of drug-likeness (QED) is 0.852. The van der Waals surface area contributed by atoms with Crippen LogP contribution in [0.4, 0.5) is 4.39 Å². The molecule has 0 bridgehead atoms. The first-order chi connectivity index (χ1) is 8.81. The highest BCUT2D eigenvalue weighted by molar-refractivity contribution is 5.30. The van der Waals surface area contributed by atoms with Crippen LogP contribution in [0.25, 0.3) is 0 Å².